The van der Waals surface area contributed by atoms with Gasteiger partial charge in [0.05, 0.1) is 12.8 Å². The quantitative estimate of drug-likeness (QED) is 0.938. The van der Waals surface area contributed by atoms with Crippen LogP contribution >= 0.6 is 11.6 Å². The predicted octanol–water partition coefficient (Wildman–Crippen LogP) is 2.72. The fourth-order valence-electron chi connectivity index (χ4n) is 2.68. The fourth-order valence-corrected chi connectivity index (χ4v) is 2.81. The third-order valence-corrected chi connectivity index (χ3v) is 4.24. The zero-order chi connectivity index (χ0) is 16.4. The van der Waals surface area contributed by atoms with Gasteiger partial charge in [-0.05, 0) is 34.9 Å². The highest BCUT2D eigenvalue weighted by atomic mass is 35.5. The van der Waals surface area contributed by atoms with Crippen molar-refractivity contribution in [2.75, 3.05) is 11.9 Å². The van der Waals surface area contributed by atoms with Gasteiger partial charge in [-0.25, -0.2) is 0 Å². The first-order valence-corrected chi connectivity index (χ1v) is 7.80. The van der Waals surface area contributed by atoms with Gasteiger partial charge >= 0.3 is 0 Å². The molecule has 0 atom stereocenters. The summed E-state index contributed by atoms with van der Waals surface area (Å²) in [7, 11) is 1.77. The van der Waals surface area contributed by atoms with Crippen LogP contribution in [0.4, 0.5) is 5.69 Å². The van der Waals surface area contributed by atoms with E-state index in [9.17, 15) is 9.59 Å². The van der Waals surface area contributed by atoms with Crippen molar-refractivity contribution in [2.24, 2.45) is 0 Å². The minimum absolute atomic E-state index is 0.0439. The van der Waals surface area contributed by atoms with E-state index in [1.54, 1.807) is 24.1 Å². The maximum Gasteiger partial charge on any atom is 0.231 e. The number of nitrogens with zero attached hydrogens (tertiary/aromatic N) is 1. The van der Waals surface area contributed by atoms with Crippen LogP contribution in [-0.4, -0.2) is 18.9 Å². The second-order valence-corrected chi connectivity index (χ2v) is 6.11. The summed E-state index contributed by atoms with van der Waals surface area (Å²) in [5.41, 5.74) is 3.84. The van der Waals surface area contributed by atoms with Crippen molar-refractivity contribution < 1.29 is 9.59 Å². The summed E-state index contributed by atoms with van der Waals surface area (Å²) in [4.78, 5) is 25.4. The molecule has 0 saturated heterocycles. The molecule has 0 aromatic heterocycles. The van der Waals surface area contributed by atoms with Crippen LogP contribution in [0.3, 0.4) is 0 Å². The molecule has 5 heteroatoms. The highest BCUT2D eigenvalue weighted by Crippen LogP contribution is 2.28. The molecule has 1 heterocycles. The van der Waals surface area contributed by atoms with Gasteiger partial charge in [-0.3, -0.25) is 9.59 Å². The number of halogens is 1. The average Bonchev–Trinajstić information content (AvgIpc) is 2.81. The predicted molar refractivity (Wildman–Crippen MR) is 90.6 cm³/mol. The van der Waals surface area contributed by atoms with Crippen LogP contribution in [0.15, 0.2) is 42.5 Å². The SMILES string of the molecule is CN1C(=O)Cc2cc(CC(=O)NCc3ccc(Cl)cc3)ccc21. The first-order valence-electron chi connectivity index (χ1n) is 7.42. The number of likely N-dealkylation sites (N-methyl/N-ethyl adjacent to an activating group) is 1. The maximum absolute atomic E-state index is 12.1. The van der Waals surface area contributed by atoms with Gasteiger partial charge in [-0.2, -0.15) is 0 Å². The van der Waals surface area contributed by atoms with Crippen LogP contribution in [0, 0.1) is 0 Å². The topological polar surface area (TPSA) is 49.4 Å². The number of benzene rings is 2. The monoisotopic (exact) mass is 328 g/mol. The lowest BCUT2D eigenvalue weighted by molar-refractivity contribution is -0.120. The van der Waals surface area contributed by atoms with Gasteiger partial charge in [-0.1, -0.05) is 35.9 Å². The number of anilines is 1. The van der Waals surface area contributed by atoms with Crippen molar-refractivity contribution in [1.82, 2.24) is 5.32 Å². The molecule has 2 aromatic carbocycles. The number of carbonyl (C=O) groups is 2. The van der Waals surface area contributed by atoms with E-state index in [2.05, 4.69) is 5.32 Å². The van der Waals surface area contributed by atoms with Gasteiger partial charge in [0.15, 0.2) is 0 Å². The molecule has 0 radical (unpaired) electrons. The van der Waals surface area contributed by atoms with Gasteiger partial charge in [0.1, 0.15) is 0 Å². The van der Waals surface area contributed by atoms with Crippen LogP contribution in [0.5, 0.6) is 0 Å². The standard InChI is InChI=1S/C18H17ClN2O2/c1-21-16-7-4-13(8-14(16)10-18(21)23)9-17(22)20-11-12-2-5-15(19)6-3-12/h2-8H,9-11H2,1H3,(H,20,22). The largest absolute Gasteiger partial charge is 0.352 e. The maximum atomic E-state index is 12.1. The van der Waals surface area contributed by atoms with Crippen molar-refractivity contribution in [3.8, 4) is 0 Å². The van der Waals surface area contributed by atoms with Crippen molar-refractivity contribution in [3.63, 3.8) is 0 Å². The average molecular weight is 329 g/mol. The Morgan fingerprint density at radius 3 is 2.61 bits per heavy atom. The molecule has 1 aliphatic heterocycles. The molecule has 1 N–H and O–H groups in total. The molecule has 118 valence electrons. The third kappa shape index (κ3) is 3.54. The number of amides is 2. The molecule has 0 spiro atoms. The van der Waals surface area contributed by atoms with Gasteiger partial charge in [0.25, 0.3) is 0 Å². The number of hydrogen-bond acceptors (Lipinski definition) is 2. The molecule has 0 aliphatic carbocycles. The van der Waals surface area contributed by atoms with Crippen LogP contribution in [0.25, 0.3) is 0 Å². The van der Waals surface area contributed by atoms with Crippen LogP contribution in [0.1, 0.15) is 16.7 Å². The summed E-state index contributed by atoms with van der Waals surface area (Å²) in [5.74, 6) is 0.0434. The van der Waals surface area contributed by atoms with Gasteiger partial charge in [-0.15, -0.1) is 0 Å². The molecule has 0 saturated carbocycles. The molecule has 0 unspecified atom stereocenters. The van der Waals surface area contributed by atoms with Gasteiger partial charge in [0.2, 0.25) is 11.8 Å². The number of hydrogen-bond donors (Lipinski definition) is 1. The Balaban J connectivity index is 1.59. The van der Waals surface area contributed by atoms with E-state index in [4.69, 9.17) is 11.6 Å². The first kappa shape index (κ1) is 15.6. The normalized spacial score (nSPS) is 13.1. The summed E-state index contributed by atoms with van der Waals surface area (Å²) in [6.45, 7) is 0.474. The Labute approximate surface area is 140 Å². The Morgan fingerprint density at radius 2 is 1.87 bits per heavy atom. The summed E-state index contributed by atoms with van der Waals surface area (Å²) in [6.07, 6.45) is 0.713. The van der Waals surface area contributed by atoms with Crippen LogP contribution in [0.2, 0.25) is 5.02 Å². The number of nitrogens with one attached hydrogen (secondary N) is 1. The molecule has 0 fully saturated rings. The second-order valence-electron chi connectivity index (χ2n) is 5.67. The second kappa shape index (κ2) is 6.42. The van der Waals surface area contributed by atoms with Crippen molar-refractivity contribution in [2.45, 2.75) is 19.4 Å². The Bertz CT molecular complexity index is 756. The van der Waals surface area contributed by atoms with Crippen LogP contribution in [-0.2, 0) is 29.0 Å². The number of fused-ring (bicyclic) bond motifs is 1. The molecule has 4 nitrogen and oxygen atoms in total. The minimum Gasteiger partial charge on any atom is -0.352 e. The summed E-state index contributed by atoms with van der Waals surface area (Å²) < 4.78 is 0. The third-order valence-electron chi connectivity index (χ3n) is 3.99. The zero-order valence-corrected chi connectivity index (χ0v) is 13.6. The van der Waals surface area contributed by atoms with Crippen molar-refractivity contribution in [1.29, 1.82) is 0 Å². The van der Waals surface area contributed by atoms with E-state index in [1.807, 2.05) is 30.3 Å². The van der Waals surface area contributed by atoms with E-state index < -0.39 is 0 Å². The zero-order valence-electron chi connectivity index (χ0n) is 12.8. The van der Waals surface area contributed by atoms with Gasteiger partial charge < -0.3 is 10.2 Å². The molecule has 1 aliphatic rings. The lowest BCUT2D eigenvalue weighted by Crippen LogP contribution is -2.24. The Kier molecular flexibility index (Phi) is 4.35. The van der Waals surface area contributed by atoms with E-state index in [-0.39, 0.29) is 11.8 Å². The number of carbonyl (C=O) groups excluding carboxylic acids is 2. The minimum atomic E-state index is -0.0439. The molecule has 23 heavy (non-hydrogen) atoms. The van der Waals surface area contributed by atoms with E-state index >= 15 is 0 Å². The fraction of sp³-hybridized carbons (Fsp3) is 0.222. The highest BCUT2D eigenvalue weighted by molar-refractivity contribution is 6.30. The Hall–Kier alpha value is -2.33. The summed E-state index contributed by atoms with van der Waals surface area (Å²) in [5, 5.41) is 3.57. The first-order chi connectivity index (χ1) is 11.0. The van der Waals surface area contributed by atoms with E-state index in [0.29, 0.717) is 24.4 Å². The number of rotatable bonds is 4. The van der Waals surface area contributed by atoms with Crippen molar-refractivity contribution in [3.05, 3.63) is 64.2 Å². The van der Waals surface area contributed by atoms with Crippen molar-refractivity contribution >= 4 is 29.1 Å². The smallest absolute Gasteiger partial charge is 0.231 e. The van der Waals surface area contributed by atoms with Crippen LogP contribution < -0.4 is 10.2 Å². The lowest BCUT2D eigenvalue weighted by atomic mass is 10.1. The molecule has 0 bridgehead atoms. The van der Waals surface area contributed by atoms with Gasteiger partial charge in [0, 0.05) is 24.3 Å². The lowest BCUT2D eigenvalue weighted by Gasteiger charge is -2.10. The molecular weight excluding hydrogens is 312 g/mol. The van der Waals surface area contributed by atoms with E-state index in [1.165, 1.54) is 0 Å². The Morgan fingerprint density at radius 1 is 1.17 bits per heavy atom. The van der Waals surface area contributed by atoms with E-state index in [0.717, 1.165) is 22.4 Å². The molecule has 3 rings (SSSR count). The molecular formula is C18H17ClN2O2. The highest BCUT2D eigenvalue weighted by Gasteiger charge is 2.23. The summed E-state index contributed by atoms with van der Waals surface area (Å²) in [6, 6.07) is 13.1. The molecule has 2 aromatic rings. The summed E-state index contributed by atoms with van der Waals surface area (Å²) >= 11 is 5.83. The molecule has 2 amide bonds.